The highest BCUT2D eigenvalue weighted by Crippen LogP contribution is 2.25. The average Bonchev–Trinajstić information content (AvgIpc) is 2.48. The molecule has 2 aromatic carbocycles. The second-order valence-electron chi connectivity index (χ2n) is 4.59. The summed E-state index contributed by atoms with van der Waals surface area (Å²) in [5.41, 5.74) is 1.44. The molecule has 0 saturated heterocycles. The minimum absolute atomic E-state index is 0.376. The van der Waals surface area contributed by atoms with E-state index < -0.39 is 0 Å². The summed E-state index contributed by atoms with van der Waals surface area (Å²) < 4.78 is 10.8. The molecule has 3 rings (SSSR count). The van der Waals surface area contributed by atoms with Gasteiger partial charge in [0.1, 0.15) is 11.3 Å². The molecule has 4 heteroatoms. The smallest absolute Gasteiger partial charge is 0.344 e. The lowest BCUT2D eigenvalue weighted by atomic mass is 10.1. The van der Waals surface area contributed by atoms with Gasteiger partial charge in [0.15, 0.2) is 0 Å². The first-order valence-corrected chi connectivity index (χ1v) is 7.02. The Balaban J connectivity index is 2.13. The first-order chi connectivity index (χ1) is 10.2. The summed E-state index contributed by atoms with van der Waals surface area (Å²) in [6, 6.07) is 14.4. The molecule has 0 bridgehead atoms. The van der Waals surface area contributed by atoms with Gasteiger partial charge in [0, 0.05) is 16.5 Å². The summed E-state index contributed by atoms with van der Waals surface area (Å²) in [5.74, 6) is 0.687. The molecule has 1 heterocycles. The van der Waals surface area contributed by atoms with E-state index in [2.05, 4.69) is 0 Å². The van der Waals surface area contributed by atoms with E-state index in [9.17, 15) is 4.79 Å². The monoisotopic (exact) mass is 300 g/mol. The van der Waals surface area contributed by atoms with Crippen molar-refractivity contribution in [2.75, 3.05) is 6.61 Å². The largest absolute Gasteiger partial charge is 0.494 e. The number of rotatable bonds is 3. The third-order valence-electron chi connectivity index (χ3n) is 3.17. The van der Waals surface area contributed by atoms with Crippen LogP contribution in [0.1, 0.15) is 6.92 Å². The molecule has 0 unspecified atom stereocenters. The number of ether oxygens (including phenoxy) is 1. The van der Waals surface area contributed by atoms with Crippen molar-refractivity contribution in [1.82, 2.24) is 0 Å². The zero-order valence-electron chi connectivity index (χ0n) is 11.4. The third-order valence-corrected chi connectivity index (χ3v) is 3.43. The lowest BCUT2D eigenvalue weighted by Gasteiger charge is -2.05. The fraction of sp³-hybridized carbons (Fsp3) is 0.118. The second kappa shape index (κ2) is 5.62. The maximum Gasteiger partial charge on any atom is 0.344 e. The van der Waals surface area contributed by atoms with Gasteiger partial charge in [0.05, 0.1) is 12.2 Å². The van der Waals surface area contributed by atoms with Crippen molar-refractivity contribution in [3.8, 4) is 16.9 Å². The van der Waals surface area contributed by atoms with E-state index in [1.54, 1.807) is 30.3 Å². The van der Waals surface area contributed by atoms with Crippen molar-refractivity contribution >= 4 is 22.6 Å². The Kier molecular flexibility index (Phi) is 3.67. The molecule has 0 saturated carbocycles. The first kappa shape index (κ1) is 13.7. The third kappa shape index (κ3) is 2.78. The van der Waals surface area contributed by atoms with Crippen molar-refractivity contribution in [2.45, 2.75) is 6.92 Å². The van der Waals surface area contributed by atoms with E-state index in [1.807, 2.05) is 25.1 Å². The van der Waals surface area contributed by atoms with E-state index in [4.69, 9.17) is 20.8 Å². The van der Waals surface area contributed by atoms with Crippen LogP contribution in [0.2, 0.25) is 5.02 Å². The minimum atomic E-state index is -0.376. The predicted molar refractivity (Wildman–Crippen MR) is 84.1 cm³/mol. The molecular formula is C17H13ClO3. The zero-order valence-corrected chi connectivity index (χ0v) is 12.2. The van der Waals surface area contributed by atoms with Crippen LogP contribution in [0.3, 0.4) is 0 Å². The summed E-state index contributed by atoms with van der Waals surface area (Å²) in [4.78, 5) is 12.1. The minimum Gasteiger partial charge on any atom is -0.494 e. The summed E-state index contributed by atoms with van der Waals surface area (Å²) in [6.45, 7) is 2.47. The van der Waals surface area contributed by atoms with Gasteiger partial charge >= 0.3 is 5.63 Å². The number of halogens is 1. The zero-order chi connectivity index (χ0) is 14.8. The number of hydrogen-bond donors (Lipinski definition) is 0. The lowest BCUT2D eigenvalue weighted by Crippen LogP contribution is -2.02. The molecule has 0 N–H and O–H groups in total. The molecule has 0 radical (unpaired) electrons. The van der Waals surface area contributed by atoms with E-state index >= 15 is 0 Å². The van der Waals surface area contributed by atoms with Crippen LogP contribution in [0.15, 0.2) is 57.7 Å². The van der Waals surface area contributed by atoms with Crippen molar-refractivity contribution < 1.29 is 9.15 Å². The van der Waals surface area contributed by atoms with Gasteiger partial charge in [0.2, 0.25) is 0 Å². The molecule has 0 fully saturated rings. The molecule has 0 aliphatic heterocycles. The maximum atomic E-state index is 12.1. The average molecular weight is 301 g/mol. The molecule has 3 nitrogen and oxygen atoms in total. The summed E-state index contributed by atoms with van der Waals surface area (Å²) in [5, 5.41) is 1.48. The highest BCUT2D eigenvalue weighted by Gasteiger charge is 2.08. The molecule has 21 heavy (non-hydrogen) atoms. The molecule has 0 aliphatic rings. The molecule has 0 atom stereocenters. The van der Waals surface area contributed by atoms with Gasteiger partial charge in [-0.1, -0.05) is 23.7 Å². The van der Waals surface area contributed by atoms with Gasteiger partial charge in [-0.25, -0.2) is 4.79 Å². The normalized spacial score (nSPS) is 10.8. The number of fused-ring (bicyclic) bond motifs is 1. The number of benzene rings is 2. The Hall–Kier alpha value is -2.26. The highest BCUT2D eigenvalue weighted by atomic mass is 35.5. The topological polar surface area (TPSA) is 39.4 Å². The van der Waals surface area contributed by atoms with Crippen LogP contribution in [-0.4, -0.2) is 6.61 Å². The van der Waals surface area contributed by atoms with Crippen molar-refractivity contribution in [3.63, 3.8) is 0 Å². The van der Waals surface area contributed by atoms with Crippen LogP contribution < -0.4 is 10.4 Å². The first-order valence-electron chi connectivity index (χ1n) is 6.64. The maximum absolute atomic E-state index is 12.1. The Labute approximate surface area is 126 Å². The van der Waals surface area contributed by atoms with E-state index in [0.29, 0.717) is 28.5 Å². The SMILES string of the molecule is CCOc1ccc2cc(-c3ccc(Cl)cc3)c(=O)oc2c1. The van der Waals surface area contributed by atoms with Crippen LogP contribution >= 0.6 is 11.6 Å². The van der Waals surface area contributed by atoms with Gasteiger partial charge in [0.25, 0.3) is 0 Å². The van der Waals surface area contributed by atoms with E-state index in [1.165, 1.54) is 0 Å². The van der Waals surface area contributed by atoms with Crippen molar-refractivity contribution in [2.24, 2.45) is 0 Å². The Morgan fingerprint density at radius 3 is 2.57 bits per heavy atom. The Bertz CT molecular complexity index is 835. The van der Waals surface area contributed by atoms with Crippen LogP contribution in [-0.2, 0) is 0 Å². The lowest BCUT2D eigenvalue weighted by molar-refractivity contribution is 0.340. The van der Waals surface area contributed by atoms with Gasteiger partial charge in [-0.05, 0) is 42.8 Å². The Morgan fingerprint density at radius 2 is 1.86 bits per heavy atom. The van der Waals surface area contributed by atoms with Gasteiger partial charge in [-0.3, -0.25) is 0 Å². The van der Waals surface area contributed by atoms with Crippen LogP contribution in [0.4, 0.5) is 0 Å². The molecule has 0 aliphatic carbocycles. The molecule has 1 aromatic heterocycles. The molecule has 106 valence electrons. The van der Waals surface area contributed by atoms with Crippen molar-refractivity contribution in [1.29, 1.82) is 0 Å². The fourth-order valence-corrected chi connectivity index (χ4v) is 2.30. The molecule has 0 amide bonds. The van der Waals surface area contributed by atoms with Gasteiger partial charge in [-0.2, -0.15) is 0 Å². The highest BCUT2D eigenvalue weighted by molar-refractivity contribution is 6.30. The van der Waals surface area contributed by atoms with Gasteiger partial charge < -0.3 is 9.15 Å². The fourth-order valence-electron chi connectivity index (χ4n) is 2.18. The van der Waals surface area contributed by atoms with Gasteiger partial charge in [-0.15, -0.1) is 0 Å². The number of hydrogen-bond acceptors (Lipinski definition) is 3. The van der Waals surface area contributed by atoms with E-state index in [-0.39, 0.29) is 5.63 Å². The van der Waals surface area contributed by atoms with Crippen LogP contribution in [0, 0.1) is 0 Å². The molecule has 0 spiro atoms. The summed E-state index contributed by atoms with van der Waals surface area (Å²) in [7, 11) is 0. The predicted octanol–water partition coefficient (Wildman–Crippen LogP) is 4.51. The molecular weight excluding hydrogens is 288 g/mol. The van der Waals surface area contributed by atoms with E-state index in [0.717, 1.165) is 10.9 Å². The standard InChI is InChI=1S/C17H13ClO3/c1-2-20-14-8-5-12-9-15(17(19)21-16(12)10-14)11-3-6-13(18)7-4-11/h3-10H,2H2,1H3. The summed E-state index contributed by atoms with van der Waals surface area (Å²) >= 11 is 5.87. The van der Waals surface area contributed by atoms with Crippen LogP contribution in [0.25, 0.3) is 22.1 Å². The van der Waals surface area contributed by atoms with Crippen LogP contribution in [0.5, 0.6) is 5.75 Å². The van der Waals surface area contributed by atoms with Crippen molar-refractivity contribution in [3.05, 3.63) is 64.0 Å². The quantitative estimate of drug-likeness (QED) is 0.668. The molecule has 3 aromatic rings. The summed E-state index contributed by atoms with van der Waals surface area (Å²) in [6.07, 6.45) is 0. The Morgan fingerprint density at radius 1 is 1.10 bits per heavy atom. The second-order valence-corrected chi connectivity index (χ2v) is 5.02.